The molecule has 100 valence electrons. The third kappa shape index (κ3) is 2.74. The smallest absolute Gasteiger partial charge is 0.132 e. The second-order valence-corrected chi connectivity index (χ2v) is 6.02. The van der Waals surface area contributed by atoms with Crippen molar-refractivity contribution in [2.75, 3.05) is 0 Å². The van der Waals surface area contributed by atoms with Crippen molar-refractivity contribution in [1.82, 2.24) is 0 Å². The molecule has 1 nitrogen and oxygen atoms in total. The lowest BCUT2D eigenvalue weighted by Crippen LogP contribution is -2.45. The molecule has 1 heteroatoms. The van der Waals surface area contributed by atoms with Crippen molar-refractivity contribution in [2.24, 2.45) is 23.2 Å². The summed E-state index contributed by atoms with van der Waals surface area (Å²) in [4.78, 5) is 11.4. The molecule has 0 aromatic rings. The van der Waals surface area contributed by atoms with Crippen molar-refractivity contribution in [3.63, 3.8) is 0 Å². The molecule has 0 radical (unpaired) electrons. The van der Waals surface area contributed by atoms with Crippen molar-refractivity contribution in [3.05, 3.63) is 0 Å². The van der Waals surface area contributed by atoms with E-state index in [0.717, 1.165) is 30.6 Å². The van der Waals surface area contributed by atoms with Gasteiger partial charge in [-0.15, -0.1) is 0 Å². The van der Waals surface area contributed by atoms with Crippen LogP contribution in [-0.2, 0) is 4.79 Å². The van der Waals surface area contributed by atoms with Gasteiger partial charge in [0.25, 0.3) is 0 Å². The molecule has 1 spiro atoms. The lowest BCUT2D eigenvalue weighted by atomic mass is 9.52. The van der Waals surface area contributed by atoms with E-state index in [1.165, 1.54) is 25.7 Å². The van der Waals surface area contributed by atoms with Crippen LogP contribution in [0.4, 0.5) is 0 Å². The van der Waals surface area contributed by atoms with E-state index in [2.05, 4.69) is 20.8 Å². The molecule has 0 saturated heterocycles. The summed E-state index contributed by atoms with van der Waals surface area (Å²) >= 11 is 0. The van der Waals surface area contributed by atoms with Crippen LogP contribution < -0.4 is 0 Å². The summed E-state index contributed by atoms with van der Waals surface area (Å²) in [6.45, 7) is 11.2. The minimum Gasteiger partial charge on any atom is -0.300 e. The largest absolute Gasteiger partial charge is 0.300 e. The van der Waals surface area contributed by atoms with Crippen LogP contribution in [0.1, 0.15) is 73.1 Å². The summed E-state index contributed by atoms with van der Waals surface area (Å²) in [7, 11) is 0. The third-order valence-corrected chi connectivity index (χ3v) is 5.54. The molecule has 0 aromatic heterocycles. The molecule has 0 aromatic carbocycles. The molecule has 2 fully saturated rings. The first kappa shape index (κ1) is 14.7. The van der Waals surface area contributed by atoms with E-state index in [-0.39, 0.29) is 0 Å². The van der Waals surface area contributed by atoms with Crippen LogP contribution in [0.5, 0.6) is 0 Å². The molecular formula is C16H30O. The average Bonchev–Trinajstić information content (AvgIpc) is 2.37. The molecule has 0 aliphatic heterocycles. The quantitative estimate of drug-likeness (QED) is 0.590. The van der Waals surface area contributed by atoms with E-state index >= 15 is 0 Å². The Morgan fingerprint density at radius 1 is 1.00 bits per heavy atom. The van der Waals surface area contributed by atoms with Crippen molar-refractivity contribution < 1.29 is 4.79 Å². The maximum Gasteiger partial charge on any atom is 0.132 e. The standard InChI is InChI=1S/C14H24O.C2H6/c1-10-4-5-11(2)14(12(10)3)8-6-13(15)7-9-14;1-2/h10-12H,4-9H2,1-3H3;1-2H3. The lowest BCUT2D eigenvalue weighted by molar-refractivity contribution is -0.126. The second-order valence-electron chi connectivity index (χ2n) is 6.02. The molecule has 0 amide bonds. The summed E-state index contributed by atoms with van der Waals surface area (Å²) in [6.07, 6.45) is 6.79. The monoisotopic (exact) mass is 238 g/mol. The molecule has 2 saturated carbocycles. The Kier molecular flexibility index (Phi) is 5.22. The minimum atomic E-state index is 0.498. The summed E-state index contributed by atoms with van der Waals surface area (Å²) in [5.74, 6) is 3.00. The fourth-order valence-corrected chi connectivity index (χ4v) is 4.01. The Labute approximate surface area is 107 Å². The summed E-state index contributed by atoms with van der Waals surface area (Å²) in [5, 5.41) is 0. The predicted octanol–water partition coefficient (Wildman–Crippen LogP) is 4.84. The highest BCUT2D eigenvalue weighted by molar-refractivity contribution is 5.79. The molecule has 2 aliphatic carbocycles. The molecule has 17 heavy (non-hydrogen) atoms. The molecule has 0 bridgehead atoms. The van der Waals surface area contributed by atoms with Crippen LogP contribution in [0.2, 0.25) is 0 Å². The highest BCUT2D eigenvalue weighted by Crippen LogP contribution is 2.55. The van der Waals surface area contributed by atoms with Crippen LogP contribution in [0.25, 0.3) is 0 Å². The van der Waals surface area contributed by atoms with E-state index in [0.29, 0.717) is 11.2 Å². The number of carbonyl (C=O) groups is 1. The number of Topliss-reactive ketones (excluding diaryl/α,β-unsaturated/α-hetero) is 1. The molecule has 3 atom stereocenters. The second kappa shape index (κ2) is 6.02. The number of rotatable bonds is 0. The fourth-order valence-electron chi connectivity index (χ4n) is 4.01. The lowest BCUT2D eigenvalue weighted by Gasteiger charge is -2.52. The van der Waals surface area contributed by atoms with Gasteiger partial charge in [-0.1, -0.05) is 41.0 Å². The normalized spacial score (nSPS) is 36.3. The van der Waals surface area contributed by atoms with Gasteiger partial charge >= 0.3 is 0 Å². The van der Waals surface area contributed by atoms with E-state index in [1.807, 2.05) is 13.8 Å². The van der Waals surface area contributed by atoms with Gasteiger partial charge in [-0.3, -0.25) is 4.79 Å². The molecule has 3 unspecified atom stereocenters. The van der Waals surface area contributed by atoms with Crippen LogP contribution in [0, 0.1) is 23.2 Å². The van der Waals surface area contributed by atoms with Gasteiger partial charge in [0.05, 0.1) is 0 Å². The van der Waals surface area contributed by atoms with Crippen molar-refractivity contribution in [1.29, 1.82) is 0 Å². The summed E-state index contributed by atoms with van der Waals surface area (Å²) in [5.41, 5.74) is 0.506. The van der Waals surface area contributed by atoms with Gasteiger partial charge in [0.2, 0.25) is 0 Å². The van der Waals surface area contributed by atoms with E-state index < -0.39 is 0 Å². The Hall–Kier alpha value is -0.330. The van der Waals surface area contributed by atoms with Gasteiger partial charge < -0.3 is 0 Å². The molecule has 2 aliphatic rings. The van der Waals surface area contributed by atoms with Gasteiger partial charge in [0.1, 0.15) is 5.78 Å². The zero-order valence-electron chi connectivity index (χ0n) is 12.4. The van der Waals surface area contributed by atoms with Gasteiger partial charge in [0, 0.05) is 12.8 Å². The van der Waals surface area contributed by atoms with Crippen molar-refractivity contribution in [2.45, 2.75) is 73.1 Å². The number of hydrogen-bond donors (Lipinski definition) is 0. The number of carbonyl (C=O) groups excluding carboxylic acids is 1. The Morgan fingerprint density at radius 3 is 2.06 bits per heavy atom. The van der Waals surface area contributed by atoms with Gasteiger partial charge in [-0.2, -0.15) is 0 Å². The zero-order valence-corrected chi connectivity index (χ0v) is 12.4. The number of ketones is 1. The molecular weight excluding hydrogens is 208 g/mol. The first-order chi connectivity index (χ1) is 8.06. The summed E-state index contributed by atoms with van der Waals surface area (Å²) in [6, 6.07) is 0. The Bertz CT molecular complexity index is 246. The van der Waals surface area contributed by atoms with E-state index in [4.69, 9.17) is 0 Å². The Balaban J connectivity index is 0.000000686. The van der Waals surface area contributed by atoms with Crippen LogP contribution >= 0.6 is 0 Å². The third-order valence-electron chi connectivity index (χ3n) is 5.54. The van der Waals surface area contributed by atoms with Gasteiger partial charge in [-0.25, -0.2) is 0 Å². The fraction of sp³-hybridized carbons (Fsp3) is 0.938. The summed E-state index contributed by atoms with van der Waals surface area (Å²) < 4.78 is 0. The van der Waals surface area contributed by atoms with E-state index in [1.54, 1.807) is 0 Å². The number of hydrogen-bond acceptors (Lipinski definition) is 1. The van der Waals surface area contributed by atoms with Crippen LogP contribution in [0.15, 0.2) is 0 Å². The Morgan fingerprint density at radius 2 is 1.53 bits per heavy atom. The maximum absolute atomic E-state index is 11.4. The zero-order chi connectivity index (χ0) is 13.1. The van der Waals surface area contributed by atoms with Crippen molar-refractivity contribution >= 4 is 5.78 Å². The highest BCUT2D eigenvalue weighted by Gasteiger charge is 2.47. The van der Waals surface area contributed by atoms with Crippen molar-refractivity contribution in [3.8, 4) is 0 Å². The SMILES string of the molecule is CC.CC1CCC(C)C2(CCC(=O)CC2)C1C. The van der Waals surface area contributed by atoms with Gasteiger partial charge in [-0.05, 0) is 42.4 Å². The molecule has 2 rings (SSSR count). The van der Waals surface area contributed by atoms with Crippen LogP contribution in [0.3, 0.4) is 0 Å². The first-order valence-corrected chi connectivity index (χ1v) is 7.58. The minimum absolute atomic E-state index is 0.498. The maximum atomic E-state index is 11.4. The molecule has 0 N–H and O–H groups in total. The molecule has 0 heterocycles. The predicted molar refractivity (Wildman–Crippen MR) is 74.0 cm³/mol. The van der Waals surface area contributed by atoms with Crippen LogP contribution in [-0.4, -0.2) is 5.78 Å². The average molecular weight is 238 g/mol. The van der Waals surface area contributed by atoms with E-state index in [9.17, 15) is 4.79 Å². The topological polar surface area (TPSA) is 17.1 Å². The van der Waals surface area contributed by atoms with Gasteiger partial charge in [0.15, 0.2) is 0 Å². The first-order valence-electron chi connectivity index (χ1n) is 7.58. The highest BCUT2D eigenvalue weighted by atomic mass is 16.1.